The quantitative estimate of drug-likeness (QED) is 0.491. The maximum absolute atomic E-state index is 14.1. The fraction of sp³-hybridized carbons (Fsp3) is 0.211. The number of carbonyl (C=O) groups is 1. The molecule has 0 atom stereocenters. The number of nitrogens with one attached hydrogen (secondary N) is 1. The standard InChI is InChI=1S/C19H15BrFN5OS/c20-11-7-14(21)13-9-16(24-15(13)8-11)19(27)26-4-2-25(3-5-26)17-12-1-6-28-18(12)23-10-22-17/h1,6-10,24H,2-5H2. The molecule has 142 valence electrons. The predicted molar refractivity (Wildman–Crippen MR) is 111 cm³/mol. The van der Waals surface area contributed by atoms with Gasteiger partial charge in [0.1, 0.15) is 28.5 Å². The molecule has 0 unspecified atom stereocenters. The Labute approximate surface area is 172 Å². The second kappa shape index (κ2) is 6.82. The van der Waals surface area contributed by atoms with Gasteiger partial charge in [0.05, 0.1) is 10.9 Å². The van der Waals surface area contributed by atoms with Crippen LogP contribution in [-0.2, 0) is 0 Å². The van der Waals surface area contributed by atoms with E-state index in [1.165, 1.54) is 6.07 Å². The Balaban J connectivity index is 1.35. The zero-order chi connectivity index (χ0) is 19.3. The summed E-state index contributed by atoms with van der Waals surface area (Å²) in [6, 6.07) is 6.79. The minimum Gasteiger partial charge on any atom is -0.352 e. The third-order valence-corrected chi connectivity index (χ3v) is 6.27. The molecule has 0 spiro atoms. The number of halogens is 2. The van der Waals surface area contributed by atoms with Crippen molar-refractivity contribution < 1.29 is 9.18 Å². The summed E-state index contributed by atoms with van der Waals surface area (Å²) in [5.74, 6) is 0.443. The monoisotopic (exact) mass is 459 g/mol. The summed E-state index contributed by atoms with van der Waals surface area (Å²) in [5, 5.41) is 3.48. The third-order valence-electron chi connectivity index (χ3n) is 4.99. The SMILES string of the molecule is O=C(c1cc2c(F)cc(Br)cc2[nH]1)N1CCN(c2ncnc3sccc23)CC1. The van der Waals surface area contributed by atoms with Gasteiger partial charge < -0.3 is 14.8 Å². The van der Waals surface area contributed by atoms with E-state index < -0.39 is 0 Å². The molecule has 0 radical (unpaired) electrons. The van der Waals surface area contributed by atoms with E-state index in [4.69, 9.17) is 0 Å². The number of thiophene rings is 1. The van der Waals surface area contributed by atoms with E-state index in [0.29, 0.717) is 47.2 Å². The lowest BCUT2D eigenvalue weighted by Crippen LogP contribution is -2.49. The van der Waals surface area contributed by atoms with E-state index >= 15 is 0 Å². The molecule has 1 aromatic carbocycles. The first kappa shape index (κ1) is 17.6. The number of amides is 1. The van der Waals surface area contributed by atoms with Crippen LogP contribution in [0.4, 0.5) is 10.2 Å². The maximum Gasteiger partial charge on any atom is 0.270 e. The second-order valence-corrected chi connectivity index (χ2v) is 8.46. The van der Waals surface area contributed by atoms with E-state index in [9.17, 15) is 9.18 Å². The van der Waals surface area contributed by atoms with E-state index in [1.807, 2.05) is 11.4 Å². The van der Waals surface area contributed by atoms with Crippen molar-refractivity contribution in [1.29, 1.82) is 0 Å². The molecule has 0 bridgehead atoms. The smallest absolute Gasteiger partial charge is 0.270 e. The van der Waals surface area contributed by atoms with E-state index in [1.54, 1.807) is 34.7 Å². The number of hydrogen-bond acceptors (Lipinski definition) is 5. The Bertz CT molecular complexity index is 1200. The van der Waals surface area contributed by atoms with Crippen molar-refractivity contribution >= 4 is 60.1 Å². The summed E-state index contributed by atoms with van der Waals surface area (Å²) in [6.45, 7) is 2.54. The van der Waals surface area contributed by atoms with Crippen LogP contribution < -0.4 is 4.90 Å². The predicted octanol–water partition coefficient (Wildman–Crippen LogP) is 4.04. The van der Waals surface area contributed by atoms with Gasteiger partial charge in [-0.2, -0.15) is 0 Å². The lowest BCUT2D eigenvalue weighted by molar-refractivity contribution is 0.0741. The van der Waals surface area contributed by atoms with Gasteiger partial charge in [0.25, 0.3) is 5.91 Å². The van der Waals surface area contributed by atoms with Gasteiger partial charge in [0.2, 0.25) is 0 Å². The molecule has 4 heterocycles. The van der Waals surface area contributed by atoms with Crippen molar-refractivity contribution in [2.45, 2.75) is 0 Å². The lowest BCUT2D eigenvalue weighted by Gasteiger charge is -2.35. The van der Waals surface area contributed by atoms with Gasteiger partial charge in [-0.25, -0.2) is 14.4 Å². The Morgan fingerprint density at radius 2 is 1.96 bits per heavy atom. The maximum atomic E-state index is 14.1. The highest BCUT2D eigenvalue weighted by atomic mass is 79.9. The number of anilines is 1. The number of aromatic amines is 1. The zero-order valence-electron chi connectivity index (χ0n) is 14.7. The van der Waals surface area contributed by atoms with Gasteiger partial charge in [-0.3, -0.25) is 4.79 Å². The molecule has 5 rings (SSSR count). The molecule has 1 N–H and O–H groups in total. The zero-order valence-corrected chi connectivity index (χ0v) is 17.1. The molecule has 3 aromatic heterocycles. The van der Waals surface area contributed by atoms with Crippen molar-refractivity contribution in [3.63, 3.8) is 0 Å². The average Bonchev–Trinajstić information content (AvgIpc) is 3.34. The van der Waals surface area contributed by atoms with Crippen LogP contribution in [0.5, 0.6) is 0 Å². The Hall–Kier alpha value is -2.52. The topological polar surface area (TPSA) is 65.1 Å². The molecular weight excluding hydrogens is 445 g/mol. The van der Waals surface area contributed by atoms with Crippen LogP contribution in [0.1, 0.15) is 10.5 Å². The fourth-order valence-electron chi connectivity index (χ4n) is 3.60. The van der Waals surface area contributed by atoms with Crippen LogP contribution >= 0.6 is 27.3 Å². The van der Waals surface area contributed by atoms with Crippen LogP contribution in [0.3, 0.4) is 0 Å². The molecule has 0 aliphatic carbocycles. The van der Waals surface area contributed by atoms with Gasteiger partial charge in [-0.15, -0.1) is 11.3 Å². The molecule has 6 nitrogen and oxygen atoms in total. The van der Waals surface area contributed by atoms with Crippen molar-refractivity contribution in [3.05, 3.63) is 52.0 Å². The van der Waals surface area contributed by atoms with Crippen molar-refractivity contribution in [2.24, 2.45) is 0 Å². The summed E-state index contributed by atoms with van der Waals surface area (Å²) >= 11 is 4.87. The fourth-order valence-corrected chi connectivity index (χ4v) is 4.75. The summed E-state index contributed by atoms with van der Waals surface area (Å²) in [6.07, 6.45) is 1.59. The lowest BCUT2D eigenvalue weighted by atomic mass is 10.2. The van der Waals surface area contributed by atoms with Gasteiger partial charge in [0.15, 0.2) is 0 Å². The summed E-state index contributed by atoms with van der Waals surface area (Å²) < 4.78 is 14.7. The number of hydrogen-bond donors (Lipinski definition) is 1. The highest BCUT2D eigenvalue weighted by Gasteiger charge is 2.25. The van der Waals surface area contributed by atoms with Gasteiger partial charge in [-0.05, 0) is 29.6 Å². The average molecular weight is 460 g/mol. The number of rotatable bonds is 2. The number of carbonyl (C=O) groups excluding carboxylic acids is 1. The minimum atomic E-state index is -0.354. The number of benzene rings is 1. The largest absolute Gasteiger partial charge is 0.352 e. The highest BCUT2D eigenvalue weighted by Crippen LogP contribution is 2.28. The highest BCUT2D eigenvalue weighted by molar-refractivity contribution is 9.10. The van der Waals surface area contributed by atoms with Gasteiger partial charge in [0, 0.05) is 36.0 Å². The normalized spacial score (nSPS) is 14.9. The number of piperazine rings is 1. The Kier molecular flexibility index (Phi) is 4.28. The first-order valence-electron chi connectivity index (χ1n) is 8.80. The van der Waals surface area contributed by atoms with Crippen LogP contribution in [0.15, 0.2) is 40.4 Å². The van der Waals surface area contributed by atoms with Crippen molar-refractivity contribution in [1.82, 2.24) is 19.9 Å². The van der Waals surface area contributed by atoms with Gasteiger partial charge >= 0.3 is 0 Å². The number of aromatic nitrogens is 3. The molecule has 4 aromatic rings. The minimum absolute atomic E-state index is 0.116. The number of nitrogens with zero attached hydrogens (tertiary/aromatic N) is 4. The molecular formula is C19H15BrFN5OS. The first-order chi connectivity index (χ1) is 13.6. The Morgan fingerprint density at radius 3 is 2.79 bits per heavy atom. The molecule has 1 saturated heterocycles. The van der Waals surface area contributed by atoms with Crippen molar-refractivity contribution in [2.75, 3.05) is 31.1 Å². The third kappa shape index (κ3) is 2.94. The van der Waals surface area contributed by atoms with E-state index in [2.05, 4.69) is 35.8 Å². The van der Waals surface area contributed by atoms with E-state index in [0.717, 1.165) is 16.0 Å². The first-order valence-corrected chi connectivity index (χ1v) is 10.5. The summed E-state index contributed by atoms with van der Waals surface area (Å²) in [7, 11) is 0. The van der Waals surface area contributed by atoms with E-state index in [-0.39, 0.29) is 11.7 Å². The van der Waals surface area contributed by atoms with Crippen LogP contribution in [0, 0.1) is 5.82 Å². The van der Waals surface area contributed by atoms with Crippen LogP contribution in [0.25, 0.3) is 21.1 Å². The number of fused-ring (bicyclic) bond motifs is 2. The van der Waals surface area contributed by atoms with Crippen LogP contribution in [-0.4, -0.2) is 51.9 Å². The van der Waals surface area contributed by atoms with Crippen molar-refractivity contribution in [3.8, 4) is 0 Å². The van der Waals surface area contributed by atoms with Gasteiger partial charge in [-0.1, -0.05) is 15.9 Å². The molecule has 28 heavy (non-hydrogen) atoms. The number of H-pyrrole nitrogens is 1. The van der Waals surface area contributed by atoms with Crippen LogP contribution in [0.2, 0.25) is 0 Å². The molecule has 1 fully saturated rings. The Morgan fingerprint density at radius 1 is 1.14 bits per heavy atom. The summed E-state index contributed by atoms with van der Waals surface area (Å²) in [4.78, 5) is 29.6. The summed E-state index contributed by atoms with van der Waals surface area (Å²) in [5.41, 5.74) is 1.01. The second-order valence-electron chi connectivity index (χ2n) is 6.65. The molecule has 0 saturated carbocycles. The molecule has 9 heteroatoms. The molecule has 1 aliphatic heterocycles. The molecule has 1 amide bonds. The molecule has 1 aliphatic rings.